The third-order valence-electron chi connectivity index (χ3n) is 3.75. The van der Waals surface area contributed by atoms with Gasteiger partial charge in [0.1, 0.15) is 0 Å². The van der Waals surface area contributed by atoms with E-state index in [4.69, 9.17) is 4.74 Å². The number of ether oxygens (including phenoxy) is 1. The zero-order valence-electron chi connectivity index (χ0n) is 10.8. The van der Waals surface area contributed by atoms with E-state index in [1.54, 1.807) is 14.0 Å². The largest absolute Gasteiger partial charge is 0.376 e. The first kappa shape index (κ1) is 12.5. The summed E-state index contributed by atoms with van der Waals surface area (Å²) in [6, 6.07) is 0.279. The van der Waals surface area contributed by atoms with Gasteiger partial charge < -0.3 is 9.64 Å². The minimum Gasteiger partial charge on any atom is -0.376 e. The predicted octanol–water partition coefficient (Wildman–Crippen LogP) is 2.06. The van der Waals surface area contributed by atoms with E-state index in [-0.39, 0.29) is 23.0 Å². The van der Waals surface area contributed by atoms with Gasteiger partial charge in [-0.3, -0.25) is 4.79 Å². The van der Waals surface area contributed by atoms with Gasteiger partial charge in [-0.05, 0) is 18.8 Å². The first-order valence-electron chi connectivity index (χ1n) is 5.56. The lowest BCUT2D eigenvalue weighted by molar-refractivity contribution is -0.132. The van der Waals surface area contributed by atoms with Crippen molar-refractivity contribution in [3.05, 3.63) is 0 Å². The fourth-order valence-corrected chi connectivity index (χ4v) is 2.50. The molecule has 0 aliphatic carbocycles. The summed E-state index contributed by atoms with van der Waals surface area (Å²) in [4.78, 5) is 13.4. The van der Waals surface area contributed by atoms with Crippen molar-refractivity contribution < 1.29 is 9.53 Å². The maximum atomic E-state index is 11.5. The number of nitrogens with zero attached hydrogens (tertiary/aromatic N) is 1. The highest BCUT2D eigenvalue weighted by atomic mass is 16.5. The SMILES string of the molecule is COC1(C(C)(C)C)CC(C)N(C(C)=O)C1. The Labute approximate surface area is 92.8 Å². The number of methoxy groups -OCH3 is 1. The van der Waals surface area contributed by atoms with Crippen molar-refractivity contribution in [1.29, 1.82) is 0 Å². The van der Waals surface area contributed by atoms with Crippen molar-refractivity contribution in [3.8, 4) is 0 Å². The van der Waals surface area contributed by atoms with Gasteiger partial charge in [-0.1, -0.05) is 20.8 Å². The summed E-state index contributed by atoms with van der Waals surface area (Å²) in [5.74, 6) is 0.144. The molecule has 0 bridgehead atoms. The zero-order valence-corrected chi connectivity index (χ0v) is 10.8. The fraction of sp³-hybridized carbons (Fsp3) is 0.917. The highest BCUT2D eigenvalue weighted by Crippen LogP contribution is 2.43. The number of hydrogen-bond donors (Lipinski definition) is 0. The zero-order chi connectivity index (χ0) is 11.9. The standard InChI is InChI=1S/C12H23NO2/c1-9-7-12(15-6,11(3,4)5)8-13(9)10(2)14/h9H,7-8H2,1-6H3. The minimum absolute atomic E-state index is 0.0558. The van der Waals surface area contributed by atoms with Crippen LogP contribution >= 0.6 is 0 Å². The van der Waals surface area contributed by atoms with Crippen molar-refractivity contribution in [2.75, 3.05) is 13.7 Å². The molecule has 0 aromatic rings. The van der Waals surface area contributed by atoms with Gasteiger partial charge in [0.05, 0.1) is 12.1 Å². The van der Waals surface area contributed by atoms with E-state index in [9.17, 15) is 4.79 Å². The summed E-state index contributed by atoms with van der Waals surface area (Å²) >= 11 is 0. The summed E-state index contributed by atoms with van der Waals surface area (Å²) in [6.07, 6.45) is 0.923. The van der Waals surface area contributed by atoms with E-state index in [1.807, 2.05) is 4.90 Å². The molecule has 2 unspecified atom stereocenters. The Morgan fingerprint density at radius 3 is 2.20 bits per heavy atom. The number of likely N-dealkylation sites (tertiary alicyclic amines) is 1. The second-order valence-corrected chi connectivity index (χ2v) is 5.65. The quantitative estimate of drug-likeness (QED) is 0.667. The van der Waals surface area contributed by atoms with Gasteiger partial charge in [0.25, 0.3) is 0 Å². The van der Waals surface area contributed by atoms with Gasteiger partial charge in [-0.2, -0.15) is 0 Å². The summed E-state index contributed by atoms with van der Waals surface area (Å²) < 4.78 is 5.72. The van der Waals surface area contributed by atoms with Crippen LogP contribution in [0.1, 0.15) is 41.0 Å². The molecule has 3 heteroatoms. The first-order chi connectivity index (χ1) is 6.73. The highest BCUT2D eigenvalue weighted by molar-refractivity contribution is 5.74. The molecule has 0 spiro atoms. The molecule has 0 aromatic carbocycles. The van der Waals surface area contributed by atoms with Crippen LogP contribution in [0.2, 0.25) is 0 Å². The molecule has 3 nitrogen and oxygen atoms in total. The van der Waals surface area contributed by atoms with Crippen LogP contribution in [-0.2, 0) is 9.53 Å². The highest BCUT2D eigenvalue weighted by Gasteiger charge is 2.50. The second kappa shape index (κ2) is 3.78. The molecule has 0 N–H and O–H groups in total. The topological polar surface area (TPSA) is 29.5 Å². The lowest BCUT2D eigenvalue weighted by Gasteiger charge is -2.40. The Hall–Kier alpha value is -0.570. The molecule has 1 fully saturated rings. The molecule has 1 heterocycles. The normalized spacial score (nSPS) is 32.1. The Bertz CT molecular complexity index is 257. The third kappa shape index (κ3) is 2.03. The van der Waals surface area contributed by atoms with Crippen molar-refractivity contribution in [1.82, 2.24) is 4.90 Å². The van der Waals surface area contributed by atoms with Crippen LogP contribution in [0.5, 0.6) is 0 Å². The van der Waals surface area contributed by atoms with Gasteiger partial charge in [0, 0.05) is 20.1 Å². The molecular formula is C12H23NO2. The lowest BCUT2D eigenvalue weighted by atomic mass is 9.75. The first-order valence-corrected chi connectivity index (χ1v) is 5.56. The lowest BCUT2D eigenvalue weighted by Crippen LogP contribution is -2.47. The summed E-state index contributed by atoms with van der Waals surface area (Å²) in [5, 5.41) is 0. The number of rotatable bonds is 1. The van der Waals surface area contributed by atoms with E-state index < -0.39 is 0 Å². The molecule has 0 saturated carbocycles. The average Bonchev–Trinajstić information content (AvgIpc) is 2.42. The maximum absolute atomic E-state index is 11.5. The van der Waals surface area contributed by atoms with E-state index in [0.717, 1.165) is 6.42 Å². The summed E-state index contributed by atoms with van der Waals surface area (Å²) in [5.41, 5.74) is -0.141. The van der Waals surface area contributed by atoms with E-state index >= 15 is 0 Å². The summed E-state index contributed by atoms with van der Waals surface area (Å²) in [6.45, 7) is 11.0. The van der Waals surface area contributed by atoms with Gasteiger partial charge in [-0.25, -0.2) is 0 Å². The average molecular weight is 213 g/mol. The van der Waals surface area contributed by atoms with Gasteiger partial charge in [0.2, 0.25) is 5.91 Å². The molecule has 1 saturated heterocycles. The molecule has 1 aliphatic rings. The Morgan fingerprint density at radius 2 is 2.00 bits per heavy atom. The van der Waals surface area contributed by atoms with Crippen molar-refractivity contribution in [2.45, 2.75) is 52.7 Å². The van der Waals surface area contributed by atoms with Crippen LogP contribution in [0.4, 0.5) is 0 Å². The van der Waals surface area contributed by atoms with Gasteiger partial charge in [-0.15, -0.1) is 0 Å². The van der Waals surface area contributed by atoms with Crippen LogP contribution in [0.15, 0.2) is 0 Å². The molecule has 1 rings (SSSR count). The van der Waals surface area contributed by atoms with Crippen LogP contribution in [0.25, 0.3) is 0 Å². The molecule has 0 aromatic heterocycles. The van der Waals surface area contributed by atoms with Crippen molar-refractivity contribution >= 4 is 5.91 Å². The molecule has 88 valence electrons. The molecule has 0 radical (unpaired) electrons. The van der Waals surface area contributed by atoms with Crippen molar-refractivity contribution in [2.24, 2.45) is 5.41 Å². The number of hydrogen-bond acceptors (Lipinski definition) is 2. The Morgan fingerprint density at radius 1 is 1.47 bits per heavy atom. The minimum atomic E-state index is -0.196. The molecule has 15 heavy (non-hydrogen) atoms. The Balaban J connectivity index is 2.94. The van der Waals surface area contributed by atoms with E-state index in [2.05, 4.69) is 27.7 Å². The molecule has 1 aliphatic heterocycles. The smallest absolute Gasteiger partial charge is 0.219 e. The Kier molecular flexibility index (Phi) is 3.15. The molecular weight excluding hydrogens is 190 g/mol. The second-order valence-electron chi connectivity index (χ2n) is 5.65. The van der Waals surface area contributed by atoms with Crippen LogP contribution in [0, 0.1) is 5.41 Å². The van der Waals surface area contributed by atoms with E-state index in [1.165, 1.54) is 0 Å². The third-order valence-corrected chi connectivity index (χ3v) is 3.75. The predicted molar refractivity (Wildman–Crippen MR) is 60.7 cm³/mol. The van der Waals surface area contributed by atoms with Gasteiger partial charge >= 0.3 is 0 Å². The molecule has 2 atom stereocenters. The number of carbonyl (C=O) groups is 1. The van der Waals surface area contributed by atoms with E-state index in [0.29, 0.717) is 6.54 Å². The monoisotopic (exact) mass is 213 g/mol. The van der Waals surface area contributed by atoms with Crippen LogP contribution < -0.4 is 0 Å². The summed E-state index contributed by atoms with van der Waals surface area (Å²) in [7, 11) is 1.75. The van der Waals surface area contributed by atoms with Crippen molar-refractivity contribution in [3.63, 3.8) is 0 Å². The van der Waals surface area contributed by atoms with Gasteiger partial charge in [0.15, 0.2) is 0 Å². The molecule has 1 amide bonds. The number of carbonyl (C=O) groups excluding carboxylic acids is 1. The maximum Gasteiger partial charge on any atom is 0.219 e. The fourth-order valence-electron chi connectivity index (χ4n) is 2.50. The van der Waals surface area contributed by atoms with Crippen LogP contribution in [-0.4, -0.2) is 36.1 Å². The number of amides is 1. The van der Waals surface area contributed by atoms with Crippen LogP contribution in [0.3, 0.4) is 0 Å².